The number of rotatable bonds is 4. The summed E-state index contributed by atoms with van der Waals surface area (Å²) >= 11 is 0. The van der Waals surface area contributed by atoms with Crippen LogP contribution >= 0.6 is 0 Å². The molecule has 3 atom stereocenters. The predicted octanol–water partition coefficient (Wildman–Crippen LogP) is 3.11. The highest BCUT2D eigenvalue weighted by Gasteiger charge is 2.45. The first-order chi connectivity index (χ1) is 14.8. The average molecular weight is 407 g/mol. The molecule has 2 aliphatic heterocycles. The van der Waals surface area contributed by atoms with E-state index in [1.54, 1.807) is 18.6 Å². The Morgan fingerprint density at radius 1 is 1.07 bits per heavy atom. The van der Waals surface area contributed by atoms with E-state index in [-0.39, 0.29) is 5.91 Å². The molecule has 1 saturated carbocycles. The van der Waals surface area contributed by atoms with Crippen molar-refractivity contribution in [1.29, 1.82) is 0 Å². The molecule has 3 aliphatic rings. The quantitative estimate of drug-likeness (QED) is 0.781. The van der Waals surface area contributed by atoms with Crippen molar-refractivity contribution in [2.75, 3.05) is 32.8 Å². The normalized spacial score (nSPS) is 27.1. The van der Waals surface area contributed by atoms with Crippen LogP contribution in [0.1, 0.15) is 53.2 Å². The van der Waals surface area contributed by atoms with Crippen molar-refractivity contribution >= 4 is 5.91 Å². The van der Waals surface area contributed by atoms with Crippen LogP contribution in [0.2, 0.25) is 0 Å². The summed E-state index contributed by atoms with van der Waals surface area (Å²) in [4.78, 5) is 26.0. The summed E-state index contributed by atoms with van der Waals surface area (Å²) in [6, 6.07) is 9.46. The first-order valence-corrected chi connectivity index (χ1v) is 11.3. The third-order valence-electron chi connectivity index (χ3n) is 7.05. The van der Waals surface area contributed by atoms with Gasteiger partial charge in [0.15, 0.2) is 0 Å². The summed E-state index contributed by atoms with van der Waals surface area (Å²) < 4.78 is 5.45. The number of likely N-dealkylation sites (tertiary alicyclic amines) is 1. The van der Waals surface area contributed by atoms with Gasteiger partial charge in [-0.1, -0.05) is 37.1 Å². The molecule has 2 aromatic rings. The SMILES string of the molecule is O=C(c1cnccn1)N1C[C@H](c2ccc(CN3CCOCC3)cc2)[C@H]2CCCC[C@H]21. The zero-order valence-electron chi connectivity index (χ0n) is 17.4. The summed E-state index contributed by atoms with van der Waals surface area (Å²) in [6.07, 6.45) is 9.58. The summed E-state index contributed by atoms with van der Waals surface area (Å²) in [7, 11) is 0. The molecule has 6 heteroatoms. The first kappa shape index (κ1) is 19.6. The molecule has 1 aliphatic carbocycles. The first-order valence-electron chi connectivity index (χ1n) is 11.3. The highest BCUT2D eigenvalue weighted by atomic mass is 16.5. The van der Waals surface area contributed by atoms with E-state index in [4.69, 9.17) is 4.74 Å². The van der Waals surface area contributed by atoms with Gasteiger partial charge in [-0.05, 0) is 29.9 Å². The molecule has 1 aromatic heterocycles. The van der Waals surface area contributed by atoms with Crippen LogP contribution in [0.25, 0.3) is 0 Å². The summed E-state index contributed by atoms with van der Waals surface area (Å²) in [5, 5.41) is 0. The van der Waals surface area contributed by atoms with Gasteiger partial charge in [-0.25, -0.2) is 4.98 Å². The predicted molar refractivity (Wildman–Crippen MR) is 114 cm³/mol. The minimum absolute atomic E-state index is 0.0337. The standard InChI is InChI=1S/C24H30N4O2/c29-24(22-15-25-9-10-26-22)28-17-21(20-3-1-2-4-23(20)28)19-7-5-18(6-8-19)16-27-11-13-30-14-12-27/h5-10,15,20-21,23H,1-4,11-14,16-17H2/t20-,21-,23-/m1/s1. The maximum absolute atomic E-state index is 13.2. The second-order valence-corrected chi connectivity index (χ2v) is 8.80. The Balaban J connectivity index is 1.32. The van der Waals surface area contributed by atoms with Gasteiger partial charge in [0.1, 0.15) is 5.69 Å². The number of benzene rings is 1. The summed E-state index contributed by atoms with van der Waals surface area (Å²) in [6.45, 7) is 5.45. The zero-order chi connectivity index (χ0) is 20.3. The lowest BCUT2D eigenvalue weighted by Gasteiger charge is -2.32. The van der Waals surface area contributed by atoms with Crippen molar-refractivity contribution in [3.05, 3.63) is 59.7 Å². The number of ether oxygens (including phenoxy) is 1. The van der Waals surface area contributed by atoms with E-state index < -0.39 is 0 Å². The minimum Gasteiger partial charge on any atom is -0.379 e. The Morgan fingerprint density at radius 3 is 2.63 bits per heavy atom. The van der Waals surface area contributed by atoms with E-state index >= 15 is 0 Å². The Labute approximate surface area is 178 Å². The van der Waals surface area contributed by atoms with Gasteiger partial charge in [-0.3, -0.25) is 14.7 Å². The smallest absolute Gasteiger partial charge is 0.274 e. The van der Waals surface area contributed by atoms with Crippen LogP contribution in [0.5, 0.6) is 0 Å². The van der Waals surface area contributed by atoms with Crippen molar-refractivity contribution in [3.8, 4) is 0 Å². The van der Waals surface area contributed by atoms with Crippen molar-refractivity contribution < 1.29 is 9.53 Å². The van der Waals surface area contributed by atoms with E-state index in [0.29, 0.717) is 23.6 Å². The maximum atomic E-state index is 13.2. The van der Waals surface area contributed by atoms with Gasteiger partial charge in [0.25, 0.3) is 5.91 Å². The van der Waals surface area contributed by atoms with Gasteiger partial charge >= 0.3 is 0 Å². The molecule has 0 radical (unpaired) electrons. The molecule has 1 amide bonds. The number of aromatic nitrogens is 2. The van der Waals surface area contributed by atoms with Crippen molar-refractivity contribution in [2.24, 2.45) is 5.92 Å². The molecule has 158 valence electrons. The van der Waals surface area contributed by atoms with E-state index in [9.17, 15) is 4.79 Å². The Bertz CT molecular complexity index is 851. The average Bonchev–Trinajstić information content (AvgIpc) is 3.20. The summed E-state index contributed by atoms with van der Waals surface area (Å²) in [5.74, 6) is 0.990. The van der Waals surface area contributed by atoms with Gasteiger partial charge < -0.3 is 9.64 Å². The van der Waals surface area contributed by atoms with Crippen molar-refractivity contribution in [3.63, 3.8) is 0 Å². The fourth-order valence-corrected chi connectivity index (χ4v) is 5.51. The molecule has 0 unspecified atom stereocenters. The van der Waals surface area contributed by atoms with E-state index in [1.807, 2.05) is 0 Å². The number of fused-ring (bicyclic) bond motifs is 1. The third-order valence-corrected chi connectivity index (χ3v) is 7.05. The largest absolute Gasteiger partial charge is 0.379 e. The molecule has 5 rings (SSSR count). The van der Waals surface area contributed by atoms with Gasteiger partial charge in [0.05, 0.1) is 19.4 Å². The maximum Gasteiger partial charge on any atom is 0.274 e. The van der Waals surface area contributed by atoms with Gasteiger partial charge in [-0.2, -0.15) is 0 Å². The molecular formula is C24H30N4O2. The number of amides is 1. The Kier molecular flexibility index (Phi) is 5.77. The molecule has 30 heavy (non-hydrogen) atoms. The monoisotopic (exact) mass is 406 g/mol. The molecule has 2 saturated heterocycles. The van der Waals surface area contributed by atoms with Crippen LogP contribution in [-0.2, 0) is 11.3 Å². The lowest BCUT2D eigenvalue weighted by atomic mass is 9.77. The third kappa shape index (κ3) is 3.98. The number of carbonyl (C=O) groups is 1. The Hall–Kier alpha value is -2.31. The fourth-order valence-electron chi connectivity index (χ4n) is 5.51. The van der Waals surface area contributed by atoms with Crippen LogP contribution in [0.3, 0.4) is 0 Å². The minimum atomic E-state index is 0.0337. The zero-order valence-corrected chi connectivity index (χ0v) is 17.4. The van der Waals surface area contributed by atoms with Crippen LogP contribution in [-0.4, -0.2) is 64.6 Å². The van der Waals surface area contributed by atoms with Gasteiger partial charge in [-0.15, -0.1) is 0 Å². The second-order valence-electron chi connectivity index (χ2n) is 8.80. The van der Waals surface area contributed by atoms with Gasteiger partial charge in [0.2, 0.25) is 0 Å². The topological polar surface area (TPSA) is 58.6 Å². The van der Waals surface area contributed by atoms with Crippen molar-refractivity contribution in [1.82, 2.24) is 19.8 Å². The van der Waals surface area contributed by atoms with Crippen LogP contribution in [0, 0.1) is 5.92 Å². The number of hydrogen-bond donors (Lipinski definition) is 0. The molecule has 0 bridgehead atoms. The molecule has 3 heterocycles. The van der Waals surface area contributed by atoms with E-state index in [0.717, 1.165) is 45.8 Å². The molecule has 1 aromatic carbocycles. The number of nitrogens with zero attached hydrogens (tertiary/aromatic N) is 4. The molecule has 0 spiro atoms. The fraction of sp³-hybridized carbons (Fsp3) is 0.542. The van der Waals surface area contributed by atoms with Crippen molar-refractivity contribution in [2.45, 2.75) is 44.2 Å². The molecule has 0 N–H and O–H groups in total. The lowest BCUT2D eigenvalue weighted by Crippen LogP contribution is -2.39. The van der Waals surface area contributed by atoms with E-state index in [1.165, 1.54) is 30.4 Å². The van der Waals surface area contributed by atoms with Crippen LogP contribution < -0.4 is 0 Å². The van der Waals surface area contributed by atoms with E-state index in [2.05, 4.69) is 44.0 Å². The van der Waals surface area contributed by atoms with Crippen LogP contribution in [0.4, 0.5) is 0 Å². The highest BCUT2D eigenvalue weighted by Crippen LogP contribution is 2.45. The summed E-state index contributed by atoms with van der Waals surface area (Å²) in [5.41, 5.74) is 3.18. The molecular weight excluding hydrogens is 376 g/mol. The molecule has 3 fully saturated rings. The van der Waals surface area contributed by atoms with Gasteiger partial charge in [0, 0.05) is 50.5 Å². The highest BCUT2D eigenvalue weighted by molar-refractivity contribution is 5.92. The lowest BCUT2D eigenvalue weighted by molar-refractivity contribution is 0.0342. The van der Waals surface area contributed by atoms with Crippen LogP contribution in [0.15, 0.2) is 42.9 Å². The Morgan fingerprint density at radius 2 is 1.87 bits per heavy atom. The number of hydrogen-bond acceptors (Lipinski definition) is 5. The second kappa shape index (κ2) is 8.82. The molecule has 6 nitrogen and oxygen atoms in total. The number of carbonyl (C=O) groups excluding carboxylic acids is 1. The number of morpholine rings is 1.